The predicted octanol–water partition coefficient (Wildman–Crippen LogP) is -0.0697. The van der Waals surface area contributed by atoms with Gasteiger partial charge in [-0.05, 0) is 26.3 Å². The van der Waals surface area contributed by atoms with Crippen LogP contribution in [0.1, 0.15) is 19.3 Å². The Hall–Kier alpha value is -0.680. The maximum atomic E-state index is 11.9. The first-order valence-electron chi connectivity index (χ1n) is 6.03. The first-order valence-corrected chi connectivity index (χ1v) is 7.69. The van der Waals surface area contributed by atoms with E-state index in [0.29, 0.717) is 25.9 Å². The second-order valence-corrected chi connectivity index (χ2v) is 6.61. The van der Waals surface area contributed by atoms with Crippen molar-refractivity contribution in [2.75, 3.05) is 39.6 Å². The number of nitrogens with one attached hydrogen (secondary N) is 1. The second-order valence-electron chi connectivity index (χ2n) is 4.76. The summed E-state index contributed by atoms with van der Waals surface area (Å²) >= 11 is 0. The van der Waals surface area contributed by atoms with E-state index in [1.54, 1.807) is 0 Å². The molecule has 1 saturated heterocycles. The summed E-state index contributed by atoms with van der Waals surface area (Å²) in [7, 11) is 0.0897. The maximum Gasteiger partial charge on any atom is 0.213 e. The molecular weight excluding hydrogens is 254 g/mol. The van der Waals surface area contributed by atoms with Crippen molar-refractivity contribution in [3.63, 3.8) is 0 Å². The number of nitriles is 1. The van der Waals surface area contributed by atoms with E-state index in [-0.39, 0.29) is 5.75 Å². The summed E-state index contributed by atoms with van der Waals surface area (Å²) < 4.78 is 31.2. The molecule has 1 aliphatic rings. The van der Waals surface area contributed by atoms with E-state index >= 15 is 0 Å². The molecule has 6 nitrogen and oxygen atoms in total. The Morgan fingerprint density at radius 1 is 1.44 bits per heavy atom. The Morgan fingerprint density at radius 2 is 2.06 bits per heavy atom. The van der Waals surface area contributed by atoms with Gasteiger partial charge < -0.3 is 9.64 Å². The largest absolute Gasteiger partial charge is 0.385 e. The van der Waals surface area contributed by atoms with Crippen molar-refractivity contribution in [2.24, 2.45) is 0 Å². The van der Waals surface area contributed by atoms with Crippen LogP contribution in [0.25, 0.3) is 0 Å². The van der Waals surface area contributed by atoms with E-state index in [0.717, 1.165) is 13.1 Å². The van der Waals surface area contributed by atoms with Gasteiger partial charge in [-0.15, -0.1) is 0 Å². The van der Waals surface area contributed by atoms with Crippen molar-refractivity contribution in [2.45, 2.75) is 24.8 Å². The minimum absolute atomic E-state index is 0.000108. The molecule has 18 heavy (non-hydrogen) atoms. The van der Waals surface area contributed by atoms with Gasteiger partial charge >= 0.3 is 0 Å². The molecule has 1 fully saturated rings. The van der Waals surface area contributed by atoms with E-state index in [1.807, 2.05) is 7.05 Å². The fourth-order valence-electron chi connectivity index (χ4n) is 1.98. The summed E-state index contributed by atoms with van der Waals surface area (Å²) in [5.74, 6) is 0.000108. The van der Waals surface area contributed by atoms with Crippen molar-refractivity contribution >= 4 is 10.0 Å². The van der Waals surface area contributed by atoms with Crippen LogP contribution >= 0.6 is 0 Å². The average Bonchev–Trinajstić information content (AvgIpc) is 2.32. The molecular formula is C11H21N3O3S. The molecule has 0 radical (unpaired) electrons. The van der Waals surface area contributed by atoms with Gasteiger partial charge in [0.2, 0.25) is 10.0 Å². The van der Waals surface area contributed by atoms with E-state index < -0.39 is 15.6 Å². The zero-order chi connectivity index (χ0) is 13.6. The summed E-state index contributed by atoms with van der Waals surface area (Å²) in [6, 6.07) is 2.14. The second kappa shape index (κ2) is 6.48. The van der Waals surface area contributed by atoms with Crippen molar-refractivity contribution in [3.8, 4) is 6.07 Å². The Balaban J connectivity index is 2.60. The SMILES string of the molecule is COCCCS(=O)(=O)NC1(C#N)CCN(C)CC1. The lowest BCUT2D eigenvalue weighted by Crippen LogP contribution is -2.54. The smallest absolute Gasteiger partial charge is 0.213 e. The summed E-state index contributed by atoms with van der Waals surface area (Å²) in [4.78, 5) is 2.09. The van der Waals surface area contributed by atoms with Gasteiger partial charge in [0.25, 0.3) is 0 Å². The number of piperidine rings is 1. The minimum atomic E-state index is -3.41. The number of hydrogen-bond donors (Lipinski definition) is 1. The Bertz CT molecular complexity index is 394. The van der Waals surface area contributed by atoms with Gasteiger partial charge in [-0.3, -0.25) is 0 Å². The molecule has 1 N–H and O–H groups in total. The average molecular weight is 275 g/mol. The number of rotatable bonds is 6. The molecule has 0 aliphatic carbocycles. The monoisotopic (exact) mass is 275 g/mol. The summed E-state index contributed by atoms with van der Waals surface area (Å²) in [6.07, 6.45) is 1.50. The summed E-state index contributed by atoms with van der Waals surface area (Å²) in [5.41, 5.74) is -0.932. The van der Waals surface area contributed by atoms with Crippen LogP contribution in [0, 0.1) is 11.3 Å². The lowest BCUT2D eigenvalue weighted by Gasteiger charge is -2.35. The normalized spacial score (nSPS) is 20.5. The topological polar surface area (TPSA) is 82.4 Å². The molecule has 1 heterocycles. The van der Waals surface area contributed by atoms with Crippen LogP contribution < -0.4 is 4.72 Å². The van der Waals surface area contributed by atoms with Crippen molar-refractivity contribution in [1.82, 2.24) is 9.62 Å². The van der Waals surface area contributed by atoms with Crippen molar-refractivity contribution in [1.29, 1.82) is 5.26 Å². The van der Waals surface area contributed by atoms with Gasteiger partial charge in [0.15, 0.2) is 0 Å². The van der Waals surface area contributed by atoms with Crippen LogP contribution in [0.2, 0.25) is 0 Å². The van der Waals surface area contributed by atoms with Crippen molar-refractivity contribution in [3.05, 3.63) is 0 Å². The fraction of sp³-hybridized carbons (Fsp3) is 0.909. The molecule has 0 unspecified atom stereocenters. The van der Waals surface area contributed by atoms with E-state index in [1.165, 1.54) is 7.11 Å². The van der Waals surface area contributed by atoms with Crippen LogP contribution in [0.5, 0.6) is 0 Å². The first kappa shape index (κ1) is 15.4. The van der Waals surface area contributed by atoms with E-state index in [9.17, 15) is 13.7 Å². The number of sulfonamides is 1. The Morgan fingerprint density at radius 3 is 2.56 bits per heavy atom. The molecule has 0 aromatic rings. The minimum Gasteiger partial charge on any atom is -0.385 e. The lowest BCUT2D eigenvalue weighted by atomic mass is 9.91. The first-order chi connectivity index (χ1) is 8.43. The van der Waals surface area contributed by atoms with Gasteiger partial charge in [-0.1, -0.05) is 0 Å². The zero-order valence-electron chi connectivity index (χ0n) is 11.0. The zero-order valence-corrected chi connectivity index (χ0v) is 11.8. The molecule has 0 atom stereocenters. The fourth-order valence-corrected chi connectivity index (χ4v) is 3.42. The Kier molecular flexibility index (Phi) is 5.53. The third-order valence-electron chi connectivity index (χ3n) is 3.17. The Labute approximate surface area is 109 Å². The molecule has 0 bridgehead atoms. The summed E-state index contributed by atoms with van der Waals surface area (Å²) in [6.45, 7) is 1.87. The maximum absolute atomic E-state index is 11.9. The van der Waals surface area contributed by atoms with Crippen LogP contribution in [0.3, 0.4) is 0 Å². The van der Waals surface area contributed by atoms with Gasteiger partial charge in [-0.2, -0.15) is 9.98 Å². The quantitative estimate of drug-likeness (QED) is 0.686. The van der Waals surface area contributed by atoms with E-state index in [4.69, 9.17) is 4.74 Å². The highest BCUT2D eigenvalue weighted by molar-refractivity contribution is 7.89. The van der Waals surface area contributed by atoms with Gasteiger partial charge in [-0.25, -0.2) is 8.42 Å². The molecule has 0 amide bonds. The van der Waals surface area contributed by atoms with Crippen LogP contribution in [-0.2, 0) is 14.8 Å². The number of nitrogens with zero attached hydrogens (tertiary/aromatic N) is 2. The van der Waals surface area contributed by atoms with Crippen LogP contribution in [0.15, 0.2) is 0 Å². The van der Waals surface area contributed by atoms with Crippen molar-refractivity contribution < 1.29 is 13.2 Å². The highest BCUT2D eigenvalue weighted by Crippen LogP contribution is 2.21. The number of hydrogen-bond acceptors (Lipinski definition) is 5. The molecule has 0 aromatic carbocycles. The predicted molar refractivity (Wildman–Crippen MR) is 68.5 cm³/mol. The van der Waals surface area contributed by atoms with Gasteiger partial charge in [0.05, 0.1) is 11.8 Å². The van der Waals surface area contributed by atoms with Crippen LogP contribution in [-0.4, -0.2) is 58.5 Å². The molecule has 7 heteroatoms. The van der Waals surface area contributed by atoms with E-state index in [2.05, 4.69) is 15.7 Å². The molecule has 1 aliphatic heterocycles. The molecule has 0 saturated carbocycles. The molecule has 1 rings (SSSR count). The summed E-state index contributed by atoms with van der Waals surface area (Å²) in [5, 5.41) is 9.24. The molecule has 0 spiro atoms. The number of ether oxygens (including phenoxy) is 1. The third-order valence-corrected chi connectivity index (χ3v) is 4.69. The van der Waals surface area contributed by atoms with Crippen LogP contribution in [0.4, 0.5) is 0 Å². The standard InChI is InChI=1S/C11H21N3O3S/c1-14-6-4-11(10-12,5-7-14)13-18(15,16)9-3-8-17-2/h13H,3-9H2,1-2H3. The highest BCUT2D eigenvalue weighted by Gasteiger charge is 2.37. The molecule has 0 aromatic heterocycles. The third kappa shape index (κ3) is 4.53. The number of likely N-dealkylation sites (tertiary alicyclic amines) is 1. The van der Waals surface area contributed by atoms with Gasteiger partial charge in [0.1, 0.15) is 5.54 Å². The molecule has 104 valence electrons. The highest BCUT2D eigenvalue weighted by atomic mass is 32.2. The number of methoxy groups -OCH3 is 1. The lowest BCUT2D eigenvalue weighted by molar-refractivity contribution is 0.198. The van der Waals surface area contributed by atoms with Gasteiger partial charge in [0, 0.05) is 26.8 Å².